The second kappa shape index (κ2) is 11.7. The molecule has 2 fully saturated rings. The molecule has 0 radical (unpaired) electrons. The minimum atomic E-state index is -2.01. The van der Waals surface area contributed by atoms with E-state index in [0.29, 0.717) is 0 Å². The minimum absolute atomic E-state index is 0.0550. The Bertz CT molecular complexity index is 1540. The lowest BCUT2D eigenvalue weighted by molar-refractivity contribution is -0.350. The maximum Gasteiger partial charge on any atom is 0.239 e. The van der Waals surface area contributed by atoms with Crippen molar-refractivity contribution >= 4 is 11.0 Å². The summed E-state index contributed by atoms with van der Waals surface area (Å²) < 4.78 is 27.1. The van der Waals surface area contributed by atoms with Crippen LogP contribution in [0.1, 0.15) is 0 Å². The lowest BCUT2D eigenvalue weighted by atomic mass is 9.99. The molecule has 0 unspecified atom stereocenters. The van der Waals surface area contributed by atoms with Crippen molar-refractivity contribution in [3.63, 3.8) is 0 Å². The summed E-state index contributed by atoms with van der Waals surface area (Å²) in [5, 5.41) is 110. The molecule has 234 valence electrons. The molecule has 2 aliphatic heterocycles. The summed E-state index contributed by atoms with van der Waals surface area (Å²) in [5.41, 5.74) is -1.42. The fourth-order valence-corrected chi connectivity index (χ4v) is 4.66. The average Bonchev–Trinajstić information content (AvgIpc) is 2.96. The predicted molar refractivity (Wildman–Crippen MR) is 137 cm³/mol. The Morgan fingerprint density at radius 2 is 1.37 bits per heavy atom. The molecule has 3 heterocycles. The van der Waals surface area contributed by atoms with Crippen LogP contribution in [0.2, 0.25) is 0 Å². The van der Waals surface area contributed by atoms with E-state index in [4.69, 9.17) is 23.4 Å². The molecule has 3 aromatic rings. The zero-order valence-electron chi connectivity index (χ0n) is 21.7. The maximum absolute atomic E-state index is 13.5. The first-order valence-corrected chi connectivity index (χ1v) is 12.7. The molecule has 0 bridgehead atoms. The quantitative estimate of drug-likeness (QED) is 0.126. The SMILES string of the molecule is O=c1c(O[C@H]2O[C@H](CO[C@H]3O[C@@H](O)[C@H](O)[C@@H](O)[C@H]3O)[C@@H](O)[C@H](O)[C@H]2O)c(-c2ccc(O)c(O)c2)oc2cc(O)cc(O)c12. The van der Waals surface area contributed by atoms with Crippen LogP contribution < -0.4 is 10.2 Å². The summed E-state index contributed by atoms with van der Waals surface area (Å²) in [7, 11) is 0. The van der Waals surface area contributed by atoms with Crippen LogP contribution in [0.4, 0.5) is 0 Å². The van der Waals surface area contributed by atoms with Gasteiger partial charge in [0, 0.05) is 17.7 Å². The number of phenolic OH excluding ortho intramolecular Hbond substituents is 4. The van der Waals surface area contributed by atoms with Crippen molar-refractivity contribution < 1.29 is 79.5 Å². The van der Waals surface area contributed by atoms with Gasteiger partial charge in [-0.15, -0.1) is 0 Å². The summed E-state index contributed by atoms with van der Waals surface area (Å²) in [6, 6.07) is 5.14. The molecule has 0 spiro atoms. The number of phenols is 4. The number of rotatable bonds is 6. The van der Waals surface area contributed by atoms with E-state index in [1.807, 2.05) is 0 Å². The number of aromatic hydroxyl groups is 4. The lowest BCUT2D eigenvalue weighted by Crippen LogP contribution is -2.62. The number of benzene rings is 2. The van der Waals surface area contributed by atoms with E-state index in [2.05, 4.69) is 0 Å². The highest BCUT2D eigenvalue weighted by Gasteiger charge is 2.48. The van der Waals surface area contributed by atoms with Gasteiger partial charge in [0.1, 0.15) is 65.2 Å². The number of fused-ring (bicyclic) bond motifs is 1. The fraction of sp³-hybridized carbons (Fsp3) is 0.423. The number of hydrogen-bond donors (Lipinski definition) is 11. The molecule has 1 aromatic heterocycles. The Hall–Kier alpha value is -3.75. The Labute approximate surface area is 239 Å². The predicted octanol–water partition coefficient (Wildman–Crippen LogP) is -2.76. The van der Waals surface area contributed by atoms with Crippen LogP contribution in [0.3, 0.4) is 0 Å². The summed E-state index contributed by atoms with van der Waals surface area (Å²) >= 11 is 0. The highest BCUT2D eigenvalue weighted by Crippen LogP contribution is 2.39. The summed E-state index contributed by atoms with van der Waals surface area (Å²) in [6.07, 6.45) is -18.5. The molecule has 10 atom stereocenters. The molecule has 0 amide bonds. The van der Waals surface area contributed by atoms with Gasteiger partial charge in [-0.3, -0.25) is 4.79 Å². The summed E-state index contributed by atoms with van der Waals surface area (Å²) in [5.74, 6) is -3.46. The Kier molecular flexibility index (Phi) is 8.38. The summed E-state index contributed by atoms with van der Waals surface area (Å²) in [4.78, 5) is 13.5. The topological polar surface area (TPSA) is 290 Å². The second-order valence-corrected chi connectivity index (χ2v) is 9.96. The van der Waals surface area contributed by atoms with Gasteiger partial charge in [0.2, 0.25) is 17.5 Å². The van der Waals surface area contributed by atoms with E-state index in [-0.39, 0.29) is 11.1 Å². The third-order valence-corrected chi connectivity index (χ3v) is 7.03. The molecule has 2 saturated heterocycles. The van der Waals surface area contributed by atoms with Crippen LogP contribution in [0.15, 0.2) is 39.5 Å². The van der Waals surface area contributed by atoms with Crippen molar-refractivity contribution in [1.82, 2.24) is 0 Å². The van der Waals surface area contributed by atoms with Gasteiger partial charge in [0.05, 0.1) is 6.61 Å². The number of aliphatic hydroxyl groups excluding tert-OH is 7. The third-order valence-electron chi connectivity index (χ3n) is 7.03. The molecular weight excluding hydrogens is 584 g/mol. The molecule has 0 aliphatic carbocycles. The minimum Gasteiger partial charge on any atom is -0.508 e. The van der Waals surface area contributed by atoms with Crippen LogP contribution in [0.25, 0.3) is 22.3 Å². The van der Waals surface area contributed by atoms with Gasteiger partial charge >= 0.3 is 0 Å². The molecular formula is C26H28O17. The standard InChI is InChI=1S/C26H28O17/c27-8-4-11(30)14-12(5-8)40-22(7-1-2-9(28)10(29)3-7)23(16(14)32)42-26-21(37)17(33)15(31)13(41-26)6-39-25-20(36)18(34)19(35)24(38)43-25/h1-5,13,15,17-21,24-31,33-38H,6H2/t13-,15-,17+,18-,19-,20-,21-,24-,25+,26-/m1/s1. The smallest absolute Gasteiger partial charge is 0.239 e. The second-order valence-electron chi connectivity index (χ2n) is 9.96. The molecule has 11 N–H and O–H groups in total. The summed E-state index contributed by atoms with van der Waals surface area (Å²) in [6.45, 7) is -0.715. The van der Waals surface area contributed by atoms with Crippen molar-refractivity contribution in [1.29, 1.82) is 0 Å². The normalized spacial score (nSPS) is 33.0. The monoisotopic (exact) mass is 612 g/mol. The Balaban J connectivity index is 1.48. The van der Waals surface area contributed by atoms with E-state index >= 15 is 0 Å². The van der Waals surface area contributed by atoms with Gasteiger partial charge in [-0.1, -0.05) is 0 Å². The molecule has 17 heteroatoms. The van der Waals surface area contributed by atoms with Gasteiger partial charge in [-0.05, 0) is 18.2 Å². The first-order chi connectivity index (χ1) is 20.3. The van der Waals surface area contributed by atoms with Gasteiger partial charge < -0.3 is 79.5 Å². The maximum atomic E-state index is 13.5. The molecule has 5 rings (SSSR count). The van der Waals surface area contributed by atoms with E-state index in [1.165, 1.54) is 6.07 Å². The highest BCUT2D eigenvalue weighted by molar-refractivity contribution is 5.88. The van der Waals surface area contributed by atoms with Gasteiger partial charge in [0.15, 0.2) is 29.8 Å². The van der Waals surface area contributed by atoms with Crippen molar-refractivity contribution in [3.05, 3.63) is 40.6 Å². The largest absolute Gasteiger partial charge is 0.508 e. The van der Waals surface area contributed by atoms with Crippen molar-refractivity contribution in [3.8, 4) is 40.1 Å². The molecule has 2 aliphatic rings. The van der Waals surface area contributed by atoms with E-state index < -0.39 is 114 Å². The van der Waals surface area contributed by atoms with Gasteiger partial charge in [0.25, 0.3) is 0 Å². The zero-order valence-corrected chi connectivity index (χ0v) is 21.7. The fourth-order valence-electron chi connectivity index (χ4n) is 4.66. The average molecular weight is 612 g/mol. The van der Waals surface area contributed by atoms with Crippen molar-refractivity contribution in [2.75, 3.05) is 6.61 Å². The van der Waals surface area contributed by atoms with Crippen molar-refractivity contribution in [2.24, 2.45) is 0 Å². The first-order valence-electron chi connectivity index (χ1n) is 12.7. The zero-order chi connectivity index (χ0) is 31.3. The lowest BCUT2D eigenvalue weighted by Gasteiger charge is -2.42. The number of ether oxygens (including phenoxy) is 4. The molecule has 17 nitrogen and oxygen atoms in total. The van der Waals surface area contributed by atoms with Crippen LogP contribution in [-0.2, 0) is 14.2 Å². The highest BCUT2D eigenvalue weighted by atomic mass is 16.8. The van der Waals surface area contributed by atoms with E-state index in [1.54, 1.807) is 0 Å². The van der Waals surface area contributed by atoms with E-state index in [0.717, 1.165) is 24.3 Å². The number of hydrogen-bond acceptors (Lipinski definition) is 17. The molecule has 0 saturated carbocycles. The van der Waals surface area contributed by atoms with Crippen LogP contribution in [0.5, 0.6) is 28.7 Å². The van der Waals surface area contributed by atoms with Crippen LogP contribution in [-0.4, -0.2) is 124 Å². The van der Waals surface area contributed by atoms with Gasteiger partial charge in [-0.25, -0.2) is 0 Å². The van der Waals surface area contributed by atoms with E-state index in [9.17, 15) is 61.0 Å². The molecule has 2 aromatic carbocycles. The van der Waals surface area contributed by atoms with Crippen LogP contribution >= 0.6 is 0 Å². The molecule has 43 heavy (non-hydrogen) atoms. The third kappa shape index (κ3) is 5.66. The Morgan fingerprint density at radius 3 is 2.07 bits per heavy atom. The van der Waals surface area contributed by atoms with Crippen LogP contribution in [0, 0.1) is 0 Å². The van der Waals surface area contributed by atoms with Crippen molar-refractivity contribution in [2.45, 2.75) is 61.6 Å². The number of aliphatic hydroxyl groups is 7. The first kappa shape index (κ1) is 30.7. The Morgan fingerprint density at radius 1 is 0.698 bits per heavy atom. The van der Waals surface area contributed by atoms with Gasteiger partial charge in [-0.2, -0.15) is 0 Å².